The normalized spacial score (nSPS) is 28.8. The van der Waals surface area contributed by atoms with E-state index in [1.165, 1.54) is 5.56 Å². The van der Waals surface area contributed by atoms with Gasteiger partial charge in [0.05, 0.1) is 5.92 Å². The molecule has 0 aromatic heterocycles. The molecule has 1 aliphatic heterocycles. The number of carboxylic acids is 1. The smallest absolute Gasteiger partial charge is 0.306 e. The van der Waals surface area contributed by atoms with Gasteiger partial charge in [0.15, 0.2) is 0 Å². The van der Waals surface area contributed by atoms with Crippen LogP contribution in [0.3, 0.4) is 0 Å². The standard InChI is InChI=1S/C17H21NO3/c19-16(13-6-7-14(10-13)17(20)21)18-9-8-15(11-18)12-4-2-1-3-5-12/h1-5,13-15H,6-11H2,(H,20,21)/t13-,14+,15?/m0/s1. The van der Waals surface area contributed by atoms with Crippen molar-refractivity contribution in [3.8, 4) is 0 Å². The molecule has 1 aromatic rings. The molecule has 1 aliphatic carbocycles. The van der Waals surface area contributed by atoms with Crippen molar-refractivity contribution in [3.05, 3.63) is 35.9 Å². The van der Waals surface area contributed by atoms with E-state index in [2.05, 4.69) is 12.1 Å². The summed E-state index contributed by atoms with van der Waals surface area (Å²) in [5.74, 6) is -0.579. The monoisotopic (exact) mass is 287 g/mol. The van der Waals surface area contributed by atoms with Crippen molar-refractivity contribution in [2.75, 3.05) is 13.1 Å². The van der Waals surface area contributed by atoms with Crippen molar-refractivity contribution < 1.29 is 14.7 Å². The van der Waals surface area contributed by atoms with E-state index in [0.29, 0.717) is 18.8 Å². The van der Waals surface area contributed by atoms with Crippen LogP contribution < -0.4 is 0 Å². The van der Waals surface area contributed by atoms with Crippen molar-refractivity contribution in [2.45, 2.75) is 31.6 Å². The number of rotatable bonds is 3. The molecule has 2 aliphatic rings. The molecule has 2 fully saturated rings. The SMILES string of the molecule is O=C(O)[C@@H]1CC[C@H](C(=O)N2CCC(c3ccccc3)C2)C1. The van der Waals surface area contributed by atoms with Crippen LogP contribution in [0.1, 0.15) is 37.2 Å². The van der Waals surface area contributed by atoms with Crippen LogP contribution in [0.25, 0.3) is 0 Å². The van der Waals surface area contributed by atoms with Gasteiger partial charge < -0.3 is 10.0 Å². The van der Waals surface area contributed by atoms with Crippen molar-refractivity contribution in [2.24, 2.45) is 11.8 Å². The van der Waals surface area contributed by atoms with Gasteiger partial charge in [-0.15, -0.1) is 0 Å². The number of nitrogens with zero attached hydrogens (tertiary/aromatic N) is 1. The maximum Gasteiger partial charge on any atom is 0.306 e. The van der Waals surface area contributed by atoms with E-state index in [9.17, 15) is 9.59 Å². The summed E-state index contributed by atoms with van der Waals surface area (Å²) < 4.78 is 0. The van der Waals surface area contributed by atoms with Crippen LogP contribution >= 0.6 is 0 Å². The van der Waals surface area contributed by atoms with Gasteiger partial charge in [-0.2, -0.15) is 0 Å². The quantitative estimate of drug-likeness (QED) is 0.929. The molecule has 1 heterocycles. The fraction of sp³-hybridized carbons (Fsp3) is 0.529. The molecule has 1 unspecified atom stereocenters. The summed E-state index contributed by atoms with van der Waals surface area (Å²) in [6.45, 7) is 1.57. The second kappa shape index (κ2) is 5.88. The number of amides is 1. The van der Waals surface area contributed by atoms with E-state index in [1.54, 1.807) is 0 Å². The Hall–Kier alpha value is -1.84. The van der Waals surface area contributed by atoms with Crippen molar-refractivity contribution in [1.82, 2.24) is 4.90 Å². The molecule has 3 atom stereocenters. The lowest BCUT2D eigenvalue weighted by atomic mass is 9.99. The number of carbonyl (C=O) groups excluding carboxylic acids is 1. The molecule has 1 amide bonds. The Morgan fingerprint density at radius 3 is 2.43 bits per heavy atom. The van der Waals surface area contributed by atoms with Crippen molar-refractivity contribution >= 4 is 11.9 Å². The Morgan fingerprint density at radius 2 is 1.76 bits per heavy atom. The minimum absolute atomic E-state index is 0.0828. The third-order valence-electron chi connectivity index (χ3n) is 4.90. The van der Waals surface area contributed by atoms with Crippen LogP contribution in [-0.2, 0) is 9.59 Å². The number of aliphatic carboxylic acids is 1. The Bertz CT molecular complexity index is 528. The second-order valence-corrected chi connectivity index (χ2v) is 6.23. The van der Waals surface area contributed by atoms with Gasteiger partial charge in [-0.3, -0.25) is 9.59 Å². The summed E-state index contributed by atoms with van der Waals surface area (Å²) in [5.41, 5.74) is 1.29. The molecular weight excluding hydrogens is 266 g/mol. The molecule has 1 aromatic carbocycles. The molecule has 4 heteroatoms. The van der Waals surface area contributed by atoms with E-state index in [0.717, 1.165) is 25.9 Å². The molecule has 112 valence electrons. The molecule has 0 spiro atoms. The molecule has 1 saturated carbocycles. The summed E-state index contributed by atoms with van der Waals surface area (Å²) in [5, 5.41) is 9.04. The van der Waals surface area contributed by atoms with Gasteiger partial charge in [-0.05, 0) is 31.2 Å². The number of benzene rings is 1. The van der Waals surface area contributed by atoms with Gasteiger partial charge in [0.25, 0.3) is 0 Å². The van der Waals surface area contributed by atoms with Crippen LogP contribution in [0, 0.1) is 11.8 Å². The number of likely N-dealkylation sites (tertiary alicyclic amines) is 1. The molecule has 4 nitrogen and oxygen atoms in total. The zero-order valence-corrected chi connectivity index (χ0v) is 12.1. The summed E-state index contributed by atoms with van der Waals surface area (Å²) >= 11 is 0. The first kappa shape index (κ1) is 14.1. The third kappa shape index (κ3) is 2.94. The lowest BCUT2D eigenvalue weighted by Crippen LogP contribution is -2.33. The summed E-state index contributed by atoms with van der Waals surface area (Å²) in [6, 6.07) is 10.3. The number of carbonyl (C=O) groups is 2. The summed E-state index contributed by atoms with van der Waals surface area (Å²) in [7, 11) is 0. The second-order valence-electron chi connectivity index (χ2n) is 6.23. The van der Waals surface area contributed by atoms with Crippen LogP contribution in [0.4, 0.5) is 0 Å². The highest BCUT2D eigenvalue weighted by molar-refractivity contribution is 5.81. The molecule has 0 bridgehead atoms. The Morgan fingerprint density at radius 1 is 1.05 bits per heavy atom. The van der Waals surface area contributed by atoms with Gasteiger partial charge in [-0.25, -0.2) is 0 Å². The van der Waals surface area contributed by atoms with Crippen LogP contribution in [-0.4, -0.2) is 35.0 Å². The van der Waals surface area contributed by atoms with E-state index in [1.807, 2.05) is 23.1 Å². The van der Waals surface area contributed by atoms with Crippen molar-refractivity contribution in [1.29, 1.82) is 0 Å². The molecular formula is C17H21NO3. The summed E-state index contributed by atoms with van der Waals surface area (Å²) in [4.78, 5) is 25.5. The topological polar surface area (TPSA) is 57.6 Å². The zero-order chi connectivity index (χ0) is 14.8. The average Bonchev–Trinajstić information content (AvgIpc) is 3.17. The Kier molecular flexibility index (Phi) is 3.95. The van der Waals surface area contributed by atoms with Crippen LogP contribution in [0.2, 0.25) is 0 Å². The van der Waals surface area contributed by atoms with E-state index < -0.39 is 5.97 Å². The zero-order valence-electron chi connectivity index (χ0n) is 12.1. The number of hydrogen-bond donors (Lipinski definition) is 1. The number of carboxylic acid groups (broad SMARTS) is 1. The highest BCUT2D eigenvalue weighted by Crippen LogP contribution is 2.35. The lowest BCUT2D eigenvalue weighted by Gasteiger charge is -2.20. The predicted molar refractivity (Wildman–Crippen MR) is 78.8 cm³/mol. The van der Waals surface area contributed by atoms with E-state index in [-0.39, 0.29) is 17.7 Å². The first-order valence-corrected chi connectivity index (χ1v) is 7.71. The maximum atomic E-state index is 12.5. The van der Waals surface area contributed by atoms with Gasteiger partial charge in [0.1, 0.15) is 0 Å². The average molecular weight is 287 g/mol. The Balaban J connectivity index is 1.59. The molecule has 1 saturated heterocycles. The van der Waals surface area contributed by atoms with Gasteiger partial charge in [0.2, 0.25) is 5.91 Å². The fourth-order valence-electron chi connectivity index (χ4n) is 3.65. The minimum atomic E-state index is -0.756. The third-order valence-corrected chi connectivity index (χ3v) is 4.90. The molecule has 0 radical (unpaired) electrons. The minimum Gasteiger partial charge on any atom is -0.481 e. The van der Waals surface area contributed by atoms with Crippen LogP contribution in [0.15, 0.2) is 30.3 Å². The molecule has 1 N–H and O–H groups in total. The molecule has 3 rings (SSSR count). The van der Waals surface area contributed by atoms with Gasteiger partial charge >= 0.3 is 5.97 Å². The van der Waals surface area contributed by atoms with Gasteiger partial charge in [0, 0.05) is 24.9 Å². The number of hydrogen-bond acceptors (Lipinski definition) is 2. The van der Waals surface area contributed by atoms with E-state index in [4.69, 9.17) is 5.11 Å². The largest absolute Gasteiger partial charge is 0.481 e. The fourth-order valence-corrected chi connectivity index (χ4v) is 3.65. The van der Waals surface area contributed by atoms with Crippen molar-refractivity contribution in [3.63, 3.8) is 0 Å². The summed E-state index contributed by atoms with van der Waals surface area (Å²) in [6.07, 6.45) is 2.88. The first-order chi connectivity index (χ1) is 10.1. The van der Waals surface area contributed by atoms with Gasteiger partial charge in [-0.1, -0.05) is 30.3 Å². The molecule has 21 heavy (non-hydrogen) atoms. The Labute approximate surface area is 124 Å². The predicted octanol–water partition coefficient (Wildman–Crippen LogP) is 2.50. The lowest BCUT2D eigenvalue weighted by molar-refractivity contribution is -0.141. The highest BCUT2D eigenvalue weighted by Gasteiger charge is 2.37. The first-order valence-electron chi connectivity index (χ1n) is 7.71. The van der Waals surface area contributed by atoms with E-state index >= 15 is 0 Å². The van der Waals surface area contributed by atoms with Crippen LogP contribution in [0.5, 0.6) is 0 Å². The maximum absolute atomic E-state index is 12.5. The highest BCUT2D eigenvalue weighted by atomic mass is 16.4.